The first-order chi connectivity index (χ1) is 10.2. The molecule has 114 valence electrons. The van der Waals surface area contributed by atoms with Gasteiger partial charge >= 0.3 is 0 Å². The van der Waals surface area contributed by atoms with Crippen molar-refractivity contribution >= 4 is 34.4 Å². The van der Waals surface area contributed by atoms with Crippen LogP contribution in [0, 0.1) is 11.6 Å². The van der Waals surface area contributed by atoms with Gasteiger partial charge in [-0.15, -0.1) is 11.6 Å². The van der Waals surface area contributed by atoms with Gasteiger partial charge in [-0.05, 0) is 37.7 Å². The fourth-order valence-electron chi connectivity index (χ4n) is 3.19. The lowest BCUT2D eigenvalue weighted by Gasteiger charge is -2.17. The standard InChI is InChI=1S/C15H17ClF2N2S/c1-21-10-3-2-9(8-10)20-13(6-7-16)19-12-5-4-11(17)14(18)15(12)20/h4-5,9-10H,2-3,6-8H2,1H3. The number of imidazole rings is 1. The normalized spacial score (nSPS) is 22.3. The molecule has 2 aromatic rings. The van der Waals surface area contributed by atoms with Crippen molar-refractivity contribution in [2.75, 3.05) is 12.1 Å². The van der Waals surface area contributed by atoms with Crippen molar-refractivity contribution in [2.24, 2.45) is 0 Å². The topological polar surface area (TPSA) is 17.8 Å². The minimum absolute atomic E-state index is 0.182. The van der Waals surface area contributed by atoms with Crippen molar-refractivity contribution in [3.63, 3.8) is 0 Å². The zero-order chi connectivity index (χ0) is 15.0. The van der Waals surface area contributed by atoms with Crippen molar-refractivity contribution < 1.29 is 8.78 Å². The summed E-state index contributed by atoms with van der Waals surface area (Å²) in [5.41, 5.74) is 0.809. The van der Waals surface area contributed by atoms with Crippen molar-refractivity contribution in [2.45, 2.75) is 37.0 Å². The molecule has 1 fully saturated rings. The highest BCUT2D eigenvalue weighted by Gasteiger charge is 2.29. The molecule has 1 aromatic heterocycles. The first kappa shape index (κ1) is 15.1. The van der Waals surface area contributed by atoms with Gasteiger partial charge in [0, 0.05) is 23.6 Å². The summed E-state index contributed by atoms with van der Waals surface area (Å²) in [6.45, 7) is 0. The molecular weight excluding hydrogens is 314 g/mol. The first-order valence-corrected chi connectivity index (χ1v) is 8.91. The predicted octanol–water partition coefficient (Wildman–Crippen LogP) is 4.55. The third-order valence-electron chi connectivity index (χ3n) is 4.19. The van der Waals surface area contributed by atoms with Crippen LogP contribution in [-0.2, 0) is 6.42 Å². The summed E-state index contributed by atoms with van der Waals surface area (Å²) >= 11 is 7.68. The summed E-state index contributed by atoms with van der Waals surface area (Å²) in [6, 6.07) is 2.86. The second-order valence-corrected chi connectivity index (χ2v) is 6.91. The van der Waals surface area contributed by atoms with E-state index in [1.54, 1.807) is 6.07 Å². The van der Waals surface area contributed by atoms with Crippen LogP contribution < -0.4 is 0 Å². The number of nitrogens with zero attached hydrogens (tertiary/aromatic N) is 2. The van der Waals surface area contributed by atoms with Gasteiger partial charge < -0.3 is 4.57 Å². The Hall–Kier alpha value is -0.810. The summed E-state index contributed by atoms with van der Waals surface area (Å²) in [5.74, 6) is -0.434. The quantitative estimate of drug-likeness (QED) is 0.765. The van der Waals surface area contributed by atoms with Gasteiger partial charge in [-0.25, -0.2) is 13.8 Å². The van der Waals surface area contributed by atoms with Crippen molar-refractivity contribution in [3.05, 3.63) is 29.6 Å². The molecule has 2 atom stereocenters. The van der Waals surface area contributed by atoms with Crippen molar-refractivity contribution in [1.82, 2.24) is 9.55 Å². The average Bonchev–Trinajstić information content (AvgIpc) is 3.07. The molecule has 0 spiro atoms. The Bertz CT molecular complexity index is 659. The lowest BCUT2D eigenvalue weighted by atomic mass is 10.2. The van der Waals surface area contributed by atoms with Gasteiger partial charge in [0.25, 0.3) is 0 Å². The van der Waals surface area contributed by atoms with E-state index in [0.29, 0.717) is 28.6 Å². The van der Waals surface area contributed by atoms with E-state index in [4.69, 9.17) is 11.6 Å². The van der Waals surface area contributed by atoms with E-state index in [2.05, 4.69) is 11.2 Å². The van der Waals surface area contributed by atoms with E-state index in [0.717, 1.165) is 31.2 Å². The van der Waals surface area contributed by atoms with Crippen LogP contribution in [0.1, 0.15) is 31.1 Å². The number of hydrogen-bond donors (Lipinski definition) is 0. The zero-order valence-corrected chi connectivity index (χ0v) is 13.4. The summed E-state index contributed by atoms with van der Waals surface area (Å²) in [5, 5.41) is 0.577. The van der Waals surface area contributed by atoms with Crippen molar-refractivity contribution in [1.29, 1.82) is 0 Å². The van der Waals surface area contributed by atoms with Gasteiger partial charge in [0.1, 0.15) is 11.3 Å². The molecule has 6 heteroatoms. The molecule has 0 bridgehead atoms. The molecule has 1 saturated carbocycles. The molecule has 0 saturated heterocycles. The number of fused-ring (bicyclic) bond motifs is 1. The van der Waals surface area contributed by atoms with Gasteiger partial charge in [-0.2, -0.15) is 11.8 Å². The number of benzene rings is 1. The predicted molar refractivity (Wildman–Crippen MR) is 84.3 cm³/mol. The van der Waals surface area contributed by atoms with E-state index < -0.39 is 11.6 Å². The Balaban J connectivity index is 2.13. The highest BCUT2D eigenvalue weighted by atomic mass is 35.5. The molecule has 3 rings (SSSR count). The number of aromatic nitrogens is 2. The van der Waals surface area contributed by atoms with Crippen molar-refractivity contribution in [3.8, 4) is 0 Å². The van der Waals surface area contributed by atoms with Gasteiger partial charge in [-0.1, -0.05) is 0 Å². The van der Waals surface area contributed by atoms with Crippen LogP contribution in [0.2, 0.25) is 0 Å². The SMILES string of the molecule is CSC1CCC(n2c(CCCl)nc3ccc(F)c(F)c32)C1. The van der Waals surface area contributed by atoms with Gasteiger partial charge in [0.15, 0.2) is 11.6 Å². The average molecular weight is 331 g/mol. The molecule has 2 unspecified atom stereocenters. The maximum absolute atomic E-state index is 14.3. The molecule has 1 aromatic carbocycles. The molecule has 2 nitrogen and oxygen atoms in total. The highest BCUT2D eigenvalue weighted by molar-refractivity contribution is 7.99. The Morgan fingerprint density at radius 2 is 2.19 bits per heavy atom. The maximum Gasteiger partial charge on any atom is 0.184 e. The highest BCUT2D eigenvalue weighted by Crippen LogP contribution is 2.39. The molecule has 1 heterocycles. The summed E-state index contributed by atoms with van der Waals surface area (Å²) in [4.78, 5) is 4.46. The Kier molecular flexibility index (Phi) is 4.41. The van der Waals surface area contributed by atoms with E-state index >= 15 is 0 Å². The van der Waals surface area contributed by atoms with Crippen LogP contribution in [0.15, 0.2) is 12.1 Å². The van der Waals surface area contributed by atoms with Gasteiger partial charge in [0.05, 0.1) is 5.52 Å². The number of alkyl halides is 1. The van der Waals surface area contributed by atoms with Crippen LogP contribution in [0.3, 0.4) is 0 Å². The van der Waals surface area contributed by atoms with E-state index in [1.807, 2.05) is 16.3 Å². The van der Waals surface area contributed by atoms with Gasteiger partial charge in [0.2, 0.25) is 0 Å². The number of halogens is 3. The molecule has 0 amide bonds. The Morgan fingerprint density at radius 3 is 2.86 bits per heavy atom. The van der Waals surface area contributed by atoms with E-state index in [-0.39, 0.29) is 6.04 Å². The Morgan fingerprint density at radius 1 is 1.38 bits per heavy atom. The summed E-state index contributed by atoms with van der Waals surface area (Å²) < 4.78 is 29.8. The number of thioether (sulfide) groups is 1. The molecule has 21 heavy (non-hydrogen) atoms. The first-order valence-electron chi connectivity index (χ1n) is 7.09. The van der Waals surface area contributed by atoms with E-state index in [9.17, 15) is 8.78 Å². The van der Waals surface area contributed by atoms with Crippen LogP contribution in [0.4, 0.5) is 8.78 Å². The number of hydrogen-bond acceptors (Lipinski definition) is 2. The maximum atomic E-state index is 14.3. The second-order valence-electron chi connectivity index (χ2n) is 5.39. The Labute approximate surface area is 131 Å². The van der Waals surface area contributed by atoms with E-state index in [1.165, 1.54) is 0 Å². The summed E-state index contributed by atoms with van der Waals surface area (Å²) in [6.07, 6.45) is 5.71. The lowest BCUT2D eigenvalue weighted by molar-refractivity contribution is 0.484. The van der Waals surface area contributed by atoms with Crippen LogP contribution in [0.25, 0.3) is 11.0 Å². The van der Waals surface area contributed by atoms with Gasteiger partial charge in [-0.3, -0.25) is 0 Å². The zero-order valence-electron chi connectivity index (χ0n) is 11.8. The van der Waals surface area contributed by atoms with Crippen LogP contribution in [0.5, 0.6) is 0 Å². The second kappa shape index (κ2) is 6.13. The fraction of sp³-hybridized carbons (Fsp3) is 0.533. The molecular formula is C15H17ClF2N2S. The third-order valence-corrected chi connectivity index (χ3v) is 5.47. The number of aryl methyl sites for hydroxylation is 1. The third kappa shape index (κ3) is 2.66. The molecule has 1 aliphatic rings. The molecule has 0 radical (unpaired) electrons. The molecule has 0 aliphatic heterocycles. The summed E-state index contributed by atoms with van der Waals surface area (Å²) in [7, 11) is 0. The minimum atomic E-state index is -0.819. The molecule has 0 N–H and O–H groups in total. The monoisotopic (exact) mass is 330 g/mol. The van der Waals surface area contributed by atoms with Crippen LogP contribution in [-0.4, -0.2) is 26.9 Å². The fourth-order valence-corrected chi connectivity index (χ4v) is 4.15. The largest absolute Gasteiger partial charge is 0.322 e. The minimum Gasteiger partial charge on any atom is -0.322 e. The molecule has 1 aliphatic carbocycles. The van der Waals surface area contributed by atoms with Crippen LogP contribution >= 0.6 is 23.4 Å². The lowest BCUT2D eigenvalue weighted by Crippen LogP contribution is -2.12. The smallest absolute Gasteiger partial charge is 0.184 e. The number of rotatable bonds is 4.